The molecule has 6 heteroatoms. The maximum atomic E-state index is 12.0. The van der Waals surface area contributed by atoms with Gasteiger partial charge in [-0.15, -0.1) is 12.4 Å². The van der Waals surface area contributed by atoms with Crippen molar-refractivity contribution < 1.29 is 9.53 Å². The molecule has 1 heterocycles. The normalized spacial score (nSPS) is 15.6. The molecule has 1 aromatic carbocycles. The minimum atomic E-state index is -0.147. The molecule has 1 aliphatic heterocycles. The van der Waals surface area contributed by atoms with E-state index >= 15 is 0 Å². The number of amides is 1. The average molecular weight is 305 g/mol. The lowest BCUT2D eigenvalue weighted by molar-refractivity contribution is 0.0642. The zero-order valence-electron chi connectivity index (χ0n) is 10.5. The number of carbonyl (C=O) groups is 1. The van der Waals surface area contributed by atoms with Gasteiger partial charge in [0.05, 0.1) is 10.6 Å². The van der Waals surface area contributed by atoms with E-state index in [1.807, 2.05) is 0 Å². The highest BCUT2D eigenvalue weighted by molar-refractivity contribution is 6.34. The molecule has 19 heavy (non-hydrogen) atoms. The second-order valence-electron chi connectivity index (χ2n) is 4.51. The molecule has 0 aromatic heterocycles. The summed E-state index contributed by atoms with van der Waals surface area (Å²) in [5.74, 6) is 0.349. The summed E-state index contributed by atoms with van der Waals surface area (Å²) >= 11 is 5.99. The molecule has 0 aliphatic carbocycles. The van der Waals surface area contributed by atoms with Gasteiger partial charge < -0.3 is 15.8 Å². The standard InChI is InChI=1S/C13H17ClN2O2.ClH/c14-12-7-10(15)1-2-11(12)13(17)16-8-9-3-5-18-6-4-9;/h1-2,7,9H,3-6,8,15H2,(H,16,17);1H. The Labute approximate surface area is 124 Å². The zero-order chi connectivity index (χ0) is 13.0. The molecule has 0 bridgehead atoms. The second kappa shape index (κ2) is 7.58. The van der Waals surface area contributed by atoms with Crippen LogP contribution >= 0.6 is 24.0 Å². The molecule has 0 unspecified atom stereocenters. The number of nitrogen functional groups attached to an aromatic ring is 1. The van der Waals surface area contributed by atoms with Crippen LogP contribution in [0.4, 0.5) is 5.69 Å². The molecule has 1 fully saturated rings. The summed E-state index contributed by atoms with van der Waals surface area (Å²) in [5, 5.41) is 3.30. The number of hydrogen-bond acceptors (Lipinski definition) is 3. The molecule has 1 saturated heterocycles. The van der Waals surface area contributed by atoms with Gasteiger partial charge in [0.1, 0.15) is 0 Å². The maximum Gasteiger partial charge on any atom is 0.252 e. The van der Waals surface area contributed by atoms with Crippen molar-refractivity contribution in [3.05, 3.63) is 28.8 Å². The fourth-order valence-electron chi connectivity index (χ4n) is 2.00. The molecule has 1 amide bonds. The average Bonchev–Trinajstić information content (AvgIpc) is 2.37. The van der Waals surface area contributed by atoms with Crippen molar-refractivity contribution in [2.75, 3.05) is 25.5 Å². The number of ether oxygens (including phenoxy) is 1. The predicted octanol–water partition coefficient (Wildman–Crippen LogP) is 2.50. The van der Waals surface area contributed by atoms with Gasteiger partial charge in [-0.3, -0.25) is 4.79 Å². The Kier molecular flexibility index (Phi) is 6.42. The van der Waals surface area contributed by atoms with Crippen LogP contribution in [-0.4, -0.2) is 25.7 Å². The van der Waals surface area contributed by atoms with Crippen LogP contribution in [0.5, 0.6) is 0 Å². The van der Waals surface area contributed by atoms with Crippen molar-refractivity contribution in [1.82, 2.24) is 5.32 Å². The highest BCUT2D eigenvalue weighted by Crippen LogP contribution is 2.19. The van der Waals surface area contributed by atoms with E-state index in [0.717, 1.165) is 26.1 Å². The first-order valence-corrected chi connectivity index (χ1v) is 6.45. The molecular formula is C13H18Cl2N2O2. The third-order valence-corrected chi connectivity index (χ3v) is 3.44. The van der Waals surface area contributed by atoms with Gasteiger partial charge in [0.15, 0.2) is 0 Å². The van der Waals surface area contributed by atoms with Gasteiger partial charge in [-0.2, -0.15) is 0 Å². The first kappa shape index (κ1) is 16.1. The van der Waals surface area contributed by atoms with Crippen molar-refractivity contribution in [3.8, 4) is 0 Å². The second-order valence-corrected chi connectivity index (χ2v) is 4.91. The molecule has 1 aromatic rings. The SMILES string of the molecule is Cl.Nc1ccc(C(=O)NCC2CCOCC2)c(Cl)c1. The van der Waals surface area contributed by atoms with Gasteiger partial charge in [-0.1, -0.05) is 11.6 Å². The van der Waals surface area contributed by atoms with Crippen LogP contribution in [-0.2, 0) is 4.74 Å². The lowest BCUT2D eigenvalue weighted by Crippen LogP contribution is -2.32. The lowest BCUT2D eigenvalue weighted by Gasteiger charge is -2.22. The van der Waals surface area contributed by atoms with E-state index in [4.69, 9.17) is 22.1 Å². The van der Waals surface area contributed by atoms with E-state index in [0.29, 0.717) is 28.7 Å². The smallest absolute Gasteiger partial charge is 0.252 e. The monoisotopic (exact) mass is 304 g/mol. The predicted molar refractivity (Wildman–Crippen MR) is 79.0 cm³/mol. The zero-order valence-corrected chi connectivity index (χ0v) is 12.1. The van der Waals surface area contributed by atoms with Crippen LogP contribution in [0.1, 0.15) is 23.2 Å². The Balaban J connectivity index is 0.00000180. The van der Waals surface area contributed by atoms with Crippen molar-refractivity contribution in [1.29, 1.82) is 0 Å². The summed E-state index contributed by atoms with van der Waals surface area (Å²) in [6, 6.07) is 4.91. The van der Waals surface area contributed by atoms with Gasteiger partial charge in [0.2, 0.25) is 0 Å². The van der Waals surface area contributed by atoms with Gasteiger partial charge in [-0.25, -0.2) is 0 Å². The third kappa shape index (κ3) is 4.56. The fourth-order valence-corrected chi connectivity index (χ4v) is 2.27. The van der Waals surface area contributed by atoms with Gasteiger partial charge in [-0.05, 0) is 37.0 Å². The van der Waals surface area contributed by atoms with E-state index in [-0.39, 0.29) is 18.3 Å². The molecule has 0 saturated carbocycles. The third-order valence-electron chi connectivity index (χ3n) is 3.13. The molecule has 2 rings (SSSR count). The van der Waals surface area contributed by atoms with E-state index in [1.54, 1.807) is 18.2 Å². The topological polar surface area (TPSA) is 64.4 Å². The quantitative estimate of drug-likeness (QED) is 0.843. The molecule has 0 radical (unpaired) electrons. The molecule has 1 aliphatic rings. The van der Waals surface area contributed by atoms with E-state index in [1.165, 1.54) is 0 Å². The molecule has 0 spiro atoms. The summed E-state index contributed by atoms with van der Waals surface area (Å²) < 4.78 is 5.28. The highest BCUT2D eigenvalue weighted by atomic mass is 35.5. The van der Waals surface area contributed by atoms with Crippen molar-refractivity contribution in [2.45, 2.75) is 12.8 Å². The Morgan fingerprint density at radius 2 is 2.11 bits per heavy atom. The number of nitrogens with two attached hydrogens (primary N) is 1. The van der Waals surface area contributed by atoms with Crippen molar-refractivity contribution >= 4 is 35.6 Å². The summed E-state index contributed by atoms with van der Waals surface area (Å²) in [6.45, 7) is 2.23. The first-order chi connectivity index (χ1) is 8.66. The first-order valence-electron chi connectivity index (χ1n) is 6.08. The van der Waals surface area contributed by atoms with Crippen LogP contribution in [0.25, 0.3) is 0 Å². The Morgan fingerprint density at radius 1 is 1.42 bits per heavy atom. The van der Waals surface area contributed by atoms with Crippen molar-refractivity contribution in [2.24, 2.45) is 5.92 Å². The number of hydrogen-bond donors (Lipinski definition) is 2. The van der Waals surface area contributed by atoms with Crippen molar-refractivity contribution in [3.63, 3.8) is 0 Å². The van der Waals surface area contributed by atoms with Crippen LogP contribution in [0.2, 0.25) is 5.02 Å². The van der Waals surface area contributed by atoms with Crippen LogP contribution in [0.3, 0.4) is 0 Å². The molecule has 0 atom stereocenters. The Bertz CT molecular complexity index is 435. The highest BCUT2D eigenvalue weighted by Gasteiger charge is 2.16. The molecule has 106 valence electrons. The number of nitrogens with one attached hydrogen (secondary N) is 1. The minimum absolute atomic E-state index is 0. The largest absolute Gasteiger partial charge is 0.399 e. The molecule has 3 N–H and O–H groups in total. The maximum absolute atomic E-state index is 12.0. The lowest BCUT2D eigenvalue weighted by atomic mass is 10.0. The van der Waals surface area contributed by atoms with Crippen LogP contribution in [0, 0.1) is 5.92 Å². The number of halogens is 2. The molecule has 4 nitrogen and oxygen atoms in total. The Morgan fingerprint density at radius 3 is 2.74 bits per heavy atom. The fraction of sp³-hybridized carbons (Fsp3) is 0.462. The molecular weight excluding hydrogens is 287 g/mol. The van der Waals surface area contributed by atoms with Gasteiger partial charge >= 0.3 is 0 Å². The van der Waals surface area contributed by atoms with Crippen LogP contribution < -0.4 is 11.1 Å². The Hall–Kier alpha value is -0.970. The minimum Gasteiger partial charge on any atom is -0.399 e. The number of rotatable bonds is 3. The van der Waals surface area contributed by atoms with E-state index in [2.05, 4.69) is 5.32 Å². The van der Waals surface area contributed by atoms with E-state index in [9.17, 15) is 4.79 Å². The number of anilines is 1. The summed E-state index contributed by atoms with van der Waals surface area (Å²) in [4.78, 5) is 12.0. The summed E-state index contributed by atoms with van der Waals surface area (Å²) in [7, 11) is 0. The summed E-state index contributed by atoms with van der Waals surface area (Å²) in [5.41, 5.74) is 6.62. The van der Waals surface area contributed by atoms with Crippen LogP contribution in [0.15, 0.2) is 18.2 Å². The van der Waals surface area contributed by atoms with Gasteiger partial charge in [0.25, 0.3) is 5.91 Å². The summed E-state index contributed by atoms with van der Waals surface area (Å²) in [6.07, 6.45) is 1.99. The number of benzene rings is 1. The number of carbonyl (C=O) groups excluding carboxylic acids is 1. The van der Waals surface area contributed by atoms with E-state index < -0.39 is 0 Å². The van der Waals surface area contributed by atoms with Gasteiger partial charge in [0, 0.05) is 25.4 Å².